The summed E-state index contributed by atoms with van der Waals surface area (Å²) in [6.07, 6.45) is 5.26. The van der Waals surface area contributed by atoms with Crippen molar-refractivity contribution in [2.45, 2.75) is 32.2 Å². The van der Waals surface area contributed by atoms with Crippen LogP contribution in [0.2, 0.25) is 0 Å². The summed E-state index contributed by atoms with van der Waals surface area (Å²) >= 11 is 0. The monoisotopic (exact) mass is 255 g/mol. The number of hydrogen-bond donors (Lipinski definition) is 1. The highest BCUT2D eigenvalue weighted by Gasteiger charge is 2.23. The third-order valence-electron chi connectivity index (χ3n) is 3.25. The second-order valence-electron chi connectivity index (χ2n) is 5.69. The molecule has 1 N–H and O–H groups in total. The van der Waals surface area contributed by atoms with Crippen molar-refractivity contribution < 1.29 is 0 Å². The molecule has 0 aliphatic rings. The van der Waals surface area contributed by atoms with Gasteiger partial charge in [0.25, 0.3) is 0 Å². The fraction of sp³-hybridized carbons (Fsp3) is 0.375. The van der Waals surface area contributed by atoms with E-state index in [-0.39, 0.29) is 11.5 Å². The van der Waals surface area contributed by atoms with Gasteiger partial charge in [-0.3, -0.25) is 9.97 Å². The van der Waals surface area contributed by atoms with Crippen molar-refractivity contribution in [1.82, 2.24) is 15.3 Å². The first kappa shape index (κ1) is 13.7. The van der Waals surface area contributed by atoms with Gasteiger partial charge in [0.2, 0.25) is 0 Å². The molecule has 0 aliphatic heterocycles. The van der Waals surface area contributed by atoms with Crippen LogP contribution in [0.4, 0.5) is 0 Å². The van der Waals surface area contributed by atoms with E-state index in [1.807, 2.05) is 13.2 Å². The number of aromatic nitrogens is 2. The van der Waals surface area contributed by atoms with Crippen molar-refractivity contribution in [2.24, 2.45) is 0 Å². The van der Waals surface area contributed by atoms with Gasteiger partial charge in [0, 0.05) is 12.4 Å². The molecule has 0 amide bonds. The smallest absolute Gasteiger partial charge is 0.0801 e. The highest BCUT2D eigenvalue weighted by atomic mass is 14.9. The molecule has 3 nitrogen and oxygen atoms in total. The Bertz CT molecular complexity index is 529. The van der Waals surface area contributed by atoms with Crippen molar-refractivity contribution in [3.63, 3.8) is 0 Å². The Morgan fingerprint density at radius 2 is 1.84 bits per heavy atom. The van der Waals surface area contributed by atoms with E-state index in [0.717, 1.165) is 5.69 Å². The maximum absolute atomic E-state index is 4.42. The van der Waals surface area contributed by atoms with Crippen LogP contribution in [-0.2, 0) is 5.41 Å². The van der Waals surface area contributed by atoms with Crippen LogP contribution in [0.3, 0.4) is 0 Å². The zero-order chi connectivity index (χ0) is 13.9. The number of nitrogens with one attached hydrogen (secondary N) is 1. The average molecular weight is 255 g/mol. The van der Waals surface area contributed by atoms with Crippen LogP contribution in [-0.4, -0.2) is 17.0 Å². The van der Waals surface area contributed by atoms with E-state index < -0.39 is 0 Å². The number of benzene rings is 1. The summed E-state index contributed by atoms with van der Waals surface area (Å²) in [6.45, 7) is 6.69. The van der Waals surface area contributed by atoms with Crippen molar-refractivity contribution in [3.05, 3.63) is 59.7 Å². The maximum Gasteiger partial charge on any atom is 0.0801 e. The van der Waals surface area contributed by atoms with Gasteiger partial charge in [0.05, 0.1) is 17.9 Å². The largest absolute Gasteiger partial charge is 0.308 e. The van der Waals surface area contributed by atoms with Gasteiger partial charge in [-0.25, -0.2) is 0 Å². The Kier molecular flexibility index (Phi) is 3.96. The average Bonchev–Trinajstić information content (AvgIpc) is 2.40. The minimum atomic E-state index is 0.0733. The second kappa shape index (κ2) is 5.49. The van der Waals surface area contributed by atoms with Crippen LogP contribution >= 0.6 is 0 Å². The fourth-order valence-electron chi connectivity index (χ4n) is 2.35. The summed E-state index contributed by atoms with van der Waals surface area (Å²) in [5.41, 5.74) is 3.65. The molecular formula is C16H21N3. The van der Waals surface area contributed by atoms with Gasteiger partial charge < -0.3 is 5.32 Å². The highest BCUT2D eigenvalue weighted by molar-refractivity contribution is 5.38. The first-order chi connectivity index (χ1) is 9.04. The van der Waals surface area contributed by atoms with Gasteiger partial charge in [-0.05, 0) is 23.6 Å². The van der Waals surface area contributed by atoms with Gasteiger partial charge in [-0.15, -0.1) is 0 Å². The van der Waals surface area contributed by atoms with Crippen molar-refractivity contribution in [2.75, 3.05) is 7.05 Å². The first-order valence-electron chi connectivity index (χ1n) is 6.56. The van der Waals surface area contributed by atoms with E-state index in [1.165, 1.54) is 11.1 Å². The molecule has 100 valence electrons. The molecule has 0 spiro atoms. The summed E-state index contributed by atoms with van der Waals surface area (Å²) in [7, 11) is 1.96. The van der Waals surface area contributed by atoms with E-state index in [2.05, 4.69) is 60.3 Å². The van der Waals surface area contributed by atoms with Crippen molar-refractivity contribution >= 4 is 0 Å². The molecule has 0 saturated carbocycles. The van der Waals surface area contributed by atoms with Crippen molar-refractivity contribution in [1.29, 1.82) is 0 Å². The zero-order valence-corrected chi connectivity index (χ0v) is 12.0. The SMILES string of the molecule is CNC(c1cnccn1)c1ccccc1C(C)(C)C. The number of hydrogen-bond acceptors (Lipinski definition) is 3. The standard InChI is InChI=1S/C16H21N3/c1-16(2,3)13-8-6-5-7-12(13)15(17-4)14-11-18-9-10-19-14/h5-11,15,17H,1-4H3. The Morgan fingerprint density at radius 1 is 1.11 bits per heavy atom. The minimum Gasteiger partial charge on any atom is -0.308 e. The zero-order valence-electron chi connectivity index (χ0n) is 12.0. The topological polar surface area (TPSA) is 37.8 Å². The molecule has 0 radical (unpaired) electrons. The minimum absolute atomic E-state index is 0.0733. The van der Waals surface area contributed by atoms with Crippen LogP contribution in [0.25, 0.3) is 0 Å². The van der Waals surface area contributed by atoms with E-state index in [4.69, 9.17) is 0 Å². The van der Waals surface area contributed by atoms with Crippen LogP contribution in [0.15, 0.2) is 42.9 Å². The summed E-state index contributed by atoms with van der Waals surface area (Å²) in [4.78, 5) is 8.59. The summed E-state index contributed by atoms with van der Waals surface area (Å²) < 4.78 is 0. The van der Waals surface area contributed by atoms with Gasteiger partial charge in [0.1, 0.15) is 0 Å². The molecule has 2 aromatic rings. The summed E-state index contributed by atoms with van der Waals surface area (Å²) in [5, 5.41) is 3.34. The molecule has 0 fully saturated rings. The van der Waals surface area contributed by atoms with Crippen LogP contribution in [0.1, 0.15) is 43.6 Å². The Labute approximate surface area is 115 Å². The predicted octanol–water partition coefficient (Wildman–Crippen LogP) is 3.08. The van der Waals surface area contributed by atoms with Crippen LogP contribution < -0.4 is 5.32 Å². The Hall–Kier alpha value is -1.74. The Morgan fingerprint density at radius 3 is 2.42 bits per heavy atom. The van der Waals surface area contributed by atoms with E-state index in [1.54, 1.807) is 12.4 Å². The normalized spacial score (nSPS) is 13.3. The van der Waals surface area contributed by atoms with E-state index in [9.17, 15) is 0 Å². The third kappa shape index (κ3) is 2.99. The molecule has 0 saturated heterocycles. The van der Waals surface area contributed by atoms with Gasteiger partial charge >= 0.3 is 0 Å². The summed E-state index contributed by atoms with van der Waals surface area (Å²) in [5.74, 6) is 0. The lowest BCUT2D eigenvalue weighted by Crippen LogP contribution is -2.24. The van der Waals surface area contributed by atoms with Crippen molar-refractivity contribution in [3.8, 4) is 0 Å². The van der Waals surface area contributed by atoms with Gasteiger partial charge in [-0.1, -0.05) is 45.0 Å². The molecule has 2 rings (SSSR count). The molecule has 1 unspecified atom stereocenters. The Balaban J connectivity index is 2.51. The molecule has 0 aliphatic carbocycles. The molecule has 1 atom stereocenters. The lowest BCUT2D eigenvalue weighted by Gasteiger charge is -2.27. The van der Waals surface area contributed by atoms with Crippen LogP contribution in [0.5, 0.6) is 0 Å². The third-order valence-corrected chi connectivity index (χ3v) is 3.25. The van der Waals surface area contributed by atoms with Crippen LogP contribution in [0, 0.1) is 0 Å². The number of rotatable bonds is 3. The molecule has 0 bridgehead atoms. The molecule has 1 aromatic heterocycles. The summed E-state index contributed by atoms with van der Waals surface area (Å²) in [6, 6.07) is 8.59. The van der Waals surface area contributed by atoms with E-state index >= 15 is 0 Å². The molecule has 19 heavy (non-hydrogen) atoms. The second-order valence-corrected chi connectivity index (χ2v) is 5.69. The number of nitrogens with zero attached hydrogens (tertiary/aromatic N) is 2. The first-order valence-corrected chi connectivity index (χ1v) is 6.56. The highest BCUT2D eigenvalue weighted by Crippen LogP contribution is 2.31. The molecular weight excluding hydrogens is 234 g/mol. The van der Waals surface area contributed by atoms with E-state index in [0.29, 0.717) is 0 Å². The molecule has 1 heterocycles. The van der Waals surface area contributed by atoms with Gasteiger partial charge in [0.15, 0.2) is 0 Å². The molecule has 3 heteroatoms. The fourth-order valence-corrected chi connectivity index (χ4v) is 2.35. The lowest BCUT2D eigenvalue weighted by molar-refractivity contribution is 0.563. The maximum atomic E-state index is 4.42. The molecule has 1 aromatic carbocycles. The lowest BCUT2D eigenvalue weighted by atomic mass is 9.81. The quantitative estimate of drug-likeness (QED) is 0.916. The predicted molar refractivity (Wildman–Crippen MR) is 78.1 cm³/mol. The van der Waals surface area contributed by atoms with Gasteiger partial charge in [-0.2, -0.15) is 0 Å².